The number of aromatic amines is 1. The van der Waals surface area contributed by atoms with Crippen LogP contribution in [0.3, 0.4) is 0 Å². The van der Waals surface area contributed by atoms with E-state index in [0.717, 1.165) is 11.4 Å². The summed E-state index contributed by atoms with van der Waals surface area (Å²) in [6, 6.07) is 9.79. The van der Waals surface area contributed by atoms with E-state index < -0.39 is 0 Å². The Labute approximate surface area is 133 Å². The molecule has 118 valence electrons. The molecule has 7 heteroatoms. The van der Waals surface area contributed by atoms with Crippen molar-refractivity contribution >= 4 is 5.82 Å². The van der Waals surface area contributed by atoms with Crippen molar-refractivity contribution in [1.82, 2.24) is 24.7 Å². The molecule has 2 heterocycles. The van der Waals surface area contributed by atoms with Gasteiger partial charge in [0.25, 0.3) is 5.56 Å². The Morgan fingerprint density at radius 1 is 1.26 bits per heavy atom. The minimum Gasteiger partial charge on any atom is -0.365 e. The maximum atomic E-state index is 12.0. The number of nitrogens with zero attached hydrogens (tertiary/aromatic N) is 4. The van der Waals surface area contributed by atoms with Gasteiger partial charge in [0.2, 0.25) is 0 Å². The maximum Gasteiger partial charge on any atom is 0.293 e. The molecule has 1 aromatic carbocycles. The molecular formula is C16H18N6O. The molecule has 0 unspecified atom stereocenters. The highest BCUT2D eigenvalue weighted by molar-refractivity contribution is 5.53. The first-order chi connectivity index (χ1) is 11.3. The van der Waals surface area contributed by atoms with Gasteiger partial charge in [0.05, 0.1) is 0 Å². The van der Waals surface area contributed by atoms with E-state index in [1.807, 2.05) is 37.3 Å². The minimum atomic E-state index is -0.113. The molecule has 0 saturated heterocycles. The van der Waals surface area contributed by atoms with Crippen molar-refractivity contribution in [1.29, 1.82) is 0 Å². The molecule has 0 spiro atoms. The molecule has 23 heavy (non-hydrogen) atoms. The van der Waals surface area contributed by atoms with E-state index in [2.05, 4.69) is 25.5 Å². The summed E-state index contributed by atoms with van der Waals surface area (Å²) in [7, 11) is 0. The van der Waals surface area contributed by atoms with E-state index in [0.29, 0.717) is 31.2 Å². The van der Waals surface area contributed by atoms with Crippen molar-refractivity contribution in [3.05, 3.63) is 58.9 Å². The summed E-state index contributed by atoms with van der Waals surface area (Å²) in [6.07, 6.45) is 3.92. The fourth-order valence-electron chi connectivity index (χ4n) is 2.24. The van der Waals surface area contributed by atoms with Crippen LogP contribution in [0.15, 0.2) is 47.5 Å². The van der Waals surface area contributed by atoms with E-state index in [9.17, 15) is 4.79 Å². The van der Waals surface area contributed by atoms with E-state index in [-0.39, 0.29) is 5.56 Å². The Hall–Kier alpha value is -2.96. The Balaban J connectivity index is 1.62. The van der Waals surface area contributed by atoms with Crippen LogP contribution in [-0.4, -0.2) is 31.3 Å². The second kappa shape index (κ2) is 6.87. The van der Waals surface area contributed by atoms with Gasteiger partial charge in [0.1, 0.15) is 5.82 Å². The van der Waals surface area contributed by atoms with Crippen LogP contribution in [0.4, 0.5) is 5.82 Å². The first kappa shape index (κ1) is 15.0. The van der Waals surface area contributed by atoms with E-state index in [1.165, 1.54) is 0 Å². The lowest BCUT2D eigenvalue weighted by molar-refractivity contribution is 0.718. The van der Waals surface area contributed by atoms with Gasteiger partial charge in [-0.2, -0.15) is 5.10 Å². The summed E-state index contributed by atoms with van der Waals surface area (Å²) in [5.41, 5.74) is 0.857. The normalized spacial score (nSPS) is 10.7. The lowest BCUT2D eigenvalue weighted by Crippen LogP contribution is -2.24. The standard InChI is InChI=1S/C16H18N6O/c1-2-22-11-10-18-15(16(22)23)17-9-8-13-19-14(21-20-13)12-6-4-3-5-7-12/h3-7,10-11H,2,8-9H2,1H3,(H,17,18)(H,19,20,21). The van der Waals surface area contributed by atoms with Gasteiger partial charge in [-0.25, -0.2) is 9.97 Å². The quantitative estimate of drug-likeness (QED) is 0.723. The molecule has 0 saturated carbocycles. The van der Waals surface area contributed by atoms with E-state index >= 15 is 0 Å². The molecule has 0 amide bonds. The number of H-pyrrole nitrogens is 1. The SMILES string of the molecule is CCn1ccnc(NCCc2nc(-c3ccccc3)n[nH]2)c1=O. The second-order valence-corrected chi connectivity index (χ2v) is 5.02. The average molecular weight is 310 g/mol. The van der Waals surface area contributed by atoms with E-state index in [1.54, 1.807) is 17.0 Å². The Morgan fingerprint density at radius 3 is 2.87 bits per heavy atom. The van der Waals surface area contributed by atoms with Crippen molar-refractivity contribution in [3.63, 3.8) is 0 Å². The molecule has 0 aliphatic rings. The molecule has 0 atom stereocenters. The molecular weight excluding hydrogens is 292 g/mol. The van der Waals surface area contributed by atoms with Crippen LogP contribution in [0.25, 0.3) is 11.4 Å². The van der Waals surface area contributed by atoms with Crippen molar-refractivity contribution < 1.29 is 0 Å². The third kappa shape index (κ3) is 3.45. The van der Waals surface area contributed by atoms with Crippen LogP contribution in [0, 0.1) is 0 Å². The number of benzene rings is 1. The fraction of sp³-hybridized carbons (Fsp3) is 0.250. The molecule has 7 nitrogen and oxygen atoms in total. The molecule has 0 radical (unpaired) electrons. The number of anilines is 1. The molecule has 0 aliphatic carbocycles. The van der Waals surface area contributed by atoms with Gasteiger partial charge < -0.3 is 9.88 Å². The summed E-state index contributed by atoms with van der Waals surface area (Å²) < 4.78 is 1.61. The lowest BCUT2D eigenvalue weighted by Gasteiger charge is -2.06. The predicted octanol–water partition coefficient (Wildman–Crippen LogP) is 1.70. The Kier molecular flexibility index (Phi) is 4.46. The Morgan fingerprint density at radius 2 is 2.09 bits per heavy atom. The van der Waals surface area contributed by atoms with Crippen molar-refractivity contribution in [2.24, 2.45) is 0 Å². The van der Waals surface area contributed by atoms with Gasteiger partial charge in [-0.05, 0) is 6.92 Å². The number of hydrogen-bond acceptors (Lipinski definition) is 5. The molecule has 2 aromatic heterocycles. The number of nitrogens with one attached hydrogen (secondary N) is 2. The first-order valence-corrected chi connectivity index (χ1v) is 7.54. The number of rotatable bonds is 6. The second-order valence-electron chi connectivity index (χ2n) is 5.02. The third-order valence-corrected chi connectivity index (χ3v) is 3.47. The molecule has 3 aromatic rings. The van der Waals surface area contributed by atoms with Crippen LogP contribution in [0.2, 0.25) is 0 Å². The largest absolute Gasteiger partial charge is 0.365 e. The maximum absolute atomic E-state index is 12.0. The van der Waals surface area contributed by atoms with Crippen LogP contribution < -0.4 is 10.9 Å². The average Bonchev–Trinajstić information content (AvgIpc) is 3.06. The summed E-state index contributed by atoms with van der Waals surface area (Å²) in [4.78, 5) is 20.6. The minimum absolute atomic E-state index is 0.113. The summed E-state index contributed by atoms with van der Waals surface area (Å²) in [5.74, 6) is 1.80. The van der Waals surface area contributed by atoms with Gasteiger partial charge in [-0.1, -0.05) is 30.3 Å². The number of aromatic nitrogens is 5. The van der Waals surface area contributed by atoms with Gasteiger partial charge in [-0.3, -0.25) is 9.89 Å². The highest BCUT2D eigenvalue weighted by Gasteiger charge is 2.06. The zero-order valence-corrected chi connectivity index (χ0v) is 12.9. The fourth-order valence-corrected chi connectivity index (χ4v) is 2.24. The monoisotopic (exact) mass is 310 g/mol. The van der Waals surface area contributed by atoms with Crippen molar-refractivity contribution in [3.8, 4) is 11.4 Å². The van der Waals surface area contributed by atoms with Crippen molar-refractivity contribution in [2.45, 2.75) is 19.9 Å². The molecule has 0 bridgehead atoms. The highest BCUT2D eigenvalue weighted by atomic mass is 16.1. The number of aryl methyl sites for hydroxylation is 1. The summed E-state index contributed by atoms with van der Waals surface area (Å²) >= 11 is 0. The van der Waals surface area contributed by atoms with Crippen LogP contribution in [0.1, 0.15) is 12.7 Å². The topological polar surface area (TPSA) is 88.5 Å². The number of hydrogen-bond donors (Lipinski definition) is 2. The van der Waals surface area contributed by atoms with Gasteiger partial charge in [0, 0.05) is 37.5 Å². The van der Waals surface area contributed by atoms with Gasteiger partial charge in [0.15, 0.2) is 11.6 Å². The highest BCUT2D eigenvalue weighted by Crippen LogP contribution is 2.13. The zero-order valence-electron chi connectivity index (χ0n) is 12.9. The summed E-state index contributed by atoms with van der Waals surface area (Å²) in [5, 5.41) is 10.2. The molecule has 2 N–H and O–H groups in total. The first-order valence-electron chi connectivity index (χ1n) is 7.54. The Bertz CT molecular complexity index is 824. The zero-order chi connectivity index (χ0) is 16.1. The van der Waals surface area contributed by atoms with Crippen molar-refractivity contribution in [2.75, 3.05) is 11.9 Å². The molecule has 0 fully saturated rings. The molecule has 3 rings (SSSR count). The predicted molar refractivity (Wildman–Crippen MR) is 88.2 cm³/mol. The smallest absolute Gasteiger partial charge is 0.293 e. The van der Waals surface area contributed by atoms with Crippen LogP contribution >= 0.6 is 0 Å². The van der Waals surface area contributed by atoms with E-state index in [4.69, 9.17) is 0 Å². The van der Waals surface area contributed by atoms with Crippen LogP contribution in [0.5, 0.6) is 0 Å². The van der Waals surface area contributed by atoms with Gasteiger partial charge >= 0.3 is 0 Å². The third-order valence-electron chi connectivity index (χ3n) is 3.47. The van der Waals surface area contributed by atoms with Crippen LogP contribution in [-0.2, 0) is 13.0 Å². The molecule has 0 aliphatic heterocycles. The van der Waals surface area contributed by atoms with Gasteiger partial charge in [-0.15, -0.1) is 0 Å². The summed E-state index contributed by atoms with van der Waals surface area (Å²) in [6.45, 7) is 3.10. The lowest BCUT2D eigenvalue weighted by atomic mass is 10.2.